The number of carbonyl (C=O) groups excluding carboxylic acids is 1. The second-order valence-electron chi connectivity index (χ2n) is 6.14. The van der Waals surface area contributed by atoms with Crippen molar-refractivity contribution in [3.05, 3.63) is 11.1 Å². The van der Waals surface area contributed by atoms with Crippen LogP contribution in [0.2, 0.25) is 0 Å². The molecule has 0 atom stereocenters. The van der Waals surface area contributed by atoms with Gasteiger partial charge in [-0.15, -0.1) is 11.3 Å². The molecular weight excluding hydrogens is 286 g/mol. The minimum atomic E-state index is 0.0992. The highest BCUT2D eigenvalue weighted by Gasteiger charge is 2.33. The van der Waals surface area contributed by atoms with E-state index in [4.69, 9.17) is 0 Å². The van der Waals surface area contributed by atoms with Gasteiger partial charge in [-0.3, -0.25) is 14.6 Å². The third kappa shape index (κ3) is 3.62. The molecule has 0 bridgehead atoms. The molecule has 0 spiro atoms. The van der Waals surface area contributed by atoms with Gasteiger partial charge in [-0.2, -0.15) is 0 Å². The molecule has 1 amide bonds. The first-order valence-electron chi connectivity index (χ1n) is 7.74. The first kappa shape index (κ1) is 14.9. The highest BCUT2D eigenvalue weighted by Crippen LogP contribution is 2.33. The molecule has 1 N–H and O–H groups in total. The fraction of sp³-hybridized carbons (Fsp3) is 0.733. The van der Waals surface area contributed by atoms with Gasteiger partial charge >= 0.3 is 0 Å². The van der Waals surface area contributed by atoms with Gasteiger partial charge in [-0.05, 0) is 44.7 Å². The summed E-state index contributed by atoms with van der Waals surface area (Å²) in [5.74, 6) is 0.567. The van der Waals surface area contributed by atoms with Crippen molar-refractivity contribution < 1.29 is 9.90 Å². The van der Waals surface area contributed by atoms with Crippen LogP contribution in [0.15, 0.2) is 5.38 Å². The largest absolute Gasteiger partial charge is 0.396 e. The van der Waals surface area contributed by atoms with Gasteiger partial charge in [-0.25, -0.2) is 4.98 Å². The van der Waals surface area contributed by atoms with Crippen molar-refractivity contribution >= 4 is 22.4 Å². The second-order valence-corrected chi connectivity index (χ2v) is 6.98. The van der Waals surface area contributed by atoms with Crippen molar-refractivity contribution in [2.24, 2.45) is 5.92 Å². The molecule has 1 aromatic heterocycles. The molecule has 1 aliphatic carbocycles. The average molecular weight is 309 g/mol. The summed E-state index contributed by atoms with van der Waals surface area (Å²) < 4.78 is 0. The van der Waals surface area contributed by atoms with E-state index in [2.05, 4.69) is 15.3 Å². The zero-order valence-corrected chi connectivity index (χ0v) is 13.3. The number of aliphatic hydroxyl groups is 1. The van der Waals surface area contributed by atoms with Crippen LogP contribution in [0.4, 0.5) is 5.13 Å². The second kappa shape index (κ2) is 6.42. The van der Waals surface area contributed by atoms with E-state index in [0.29, 0.717) is 18.6 Å². The third-order valence-corrected chi connectivity index (χ3v) is 5.24. The number of likely N-dealkylation sites (tertiary alicyclic amines) is 1. The van der Waals surface area contributed by atoms with Crippen LogP contribution in [0.25, 0.3) is 0 Å². The molecule has 0 aromatic carbocycles. The Bertz CT molecular complexity index is 493. The van der Waals surface area contributed by atoms with Gasteiger partial charge in [-0.1, -0.05) is 0 Å². The topological polar surface area (TPSA) is 56.7 Å². The fourth-order valence-corrected chi connectivity index (χ4v) is 3.85. The van der Waals surface area contributed by atoms with Crippen LogP contribution in [0.3, 0.4) is 0 Å². The van der Waals surface area contributed by atoms with Crippen molar-refractivity contribution in [3.8, 4) is 0 Å². The van der Waals surface area contributed by atoms with Crippen LogP contribution >= 0.6 is 11.3 Å². The lowest BCUT2D eigenvalue weighted by atomic mass is 9.98. The standard InChI is InChI=1S/C15H23N3O2S/c1-11(20)18(14-2-3-14)15-16-13(10-21-15)8-17-6-4-12(9-19)5-7-17/h10,12,14,19H,2-9H2,1H3. The summed E-state index contributed by atoms with van der Waals surface area (Å²) in [5.41, 5.74) is 1.06. The Labute approximate surface area is 129 Å². The maximum atomic E-state index is 11.8. The molecule has 1 aromatic rings. The number of aromatic nitrogens is 1. The number of piperidine rings is 1. The number of hydrogen-bond acceptors (Lipinski definition) is 5. The van der Waals surface area contributed by atoms with Crippen molar-refractivity contribution in [3.63, 3.8) is 0 Å². The molecule has 2 heterocycles. The zero-order chi connectivity index (χ0) is 14.8. The highest BCUT2D eigenvalue weighted by molar-refractivity contribution is 7.14. The smallest absolute Gasteiger partial charge is 0.225 e. The quantitative estimate of drug-likeness (QED) is 0.902. The Morgan fingerprint density at radius 2 is 2.14 bits per heavy atom. The normalized spacial score (nSPS) is 20.7. The van der Waals surface area contributed by atoms with Crippen molar-refractivity contribution in [2.75, 3.05) is 24.6 Å². The molecule has 3 rings (SSSR count). The van der Waals surface area contributed by atoms with E-state index < -0.39 is 0 Å². The third-order valence-electron chi connectivity index (χ3n) is 4.35. The summed E-state index contributed by atoms with van der Waals surface area (Å²) in [5, 5.41) is 12.1. The van der Waals surface area contributed by atoms with Gasteiger partial charge in [0.05, 0.1) is 5.69 Å². The lowest BCUT2D eigenvalue weighted by Gasteiger charge is -2.30. The maximum Gasteiger partial charge on any atom is 0.225 e. The number of aliphatic hydroxyl groups excluding tert-OH is 1. The predicted molar refractivity (Wildman–Crippen MR) is 83.4 cm³/mol. The first-order chi connectivity index (χ1) is 10.2. The minimum absolute atomic E-state index is 0.0992. The van der Waals surface area contributed by atoms with Crippen LogP contribution in [0.5, 0.6) is 0 Å². The highest BCUT2D eigenvalue weighted by atomic mass is 32.1. The van der Waals surface area contributed by atoms with E-state index in [1.807, 2.05) is 4.90 Å². The number of rotatable bonds is 5. The summed E-state index contributed by atoms with van der Waals surface area (Å²) in [4.78, 5) is 20.7. The number of amides is 1. The number of nitrogens with zero attached hydrogens (tertiary/aromatic N) is 3. The molecule has 116 valence electrons. The van der Waals surface area contributed by atoms with E-state index in [1.165, 1.54) is 0 Å². The van der Waals surface area contributed by atoms with Crippen LogP contribution in [-0.2, 0) is 11.3 Å². The molecule has 0 unspecified atom stereocenters. The molecule has 2 aliphatic rings. The number of hydrogen-bond donors (Lipinski definition) is 1. The molecule has 1 saturated heterocycles. The number of anilines is 1. The summed E-state index contributed by atoms with van der Waals surface area (Å²) in [7, 11) is 0. The van der Waals surface area contributed by atoms with E-state index in [9.17, 15) is 9.90 Å². The van der Waals surface area contributed by atoms with Crippen LogP contribution < -0.4 is 4.90 Å². The molecule has 6 heteroatoms. The summed E-state index contributed by atoms with van der Waals surface area (Å²) in [6, 6.07) is 0.377. The van der Waals surface area contributed by atoms with Gasteiger partial charge in [0, 0.05) is 31.5 Å². The van der Waals surface area contributed by atoms with E-state index in [-0.39, 0.29) is 5.91 Å². The van der Waals surface area contributed by atoms with Crippen LogP contribution in [0, 0.1) is 5.92 Å². The summed E-state index contributed by atoms with van der Waals surface area (Å²) in [6.07, 6.45) is 4.33. The van der Waals surface area contributed by atoms with Crippen molar-refractivity contribution in [1.29, 1.82) is 0 Å². The van der Waals surface area contributed by atoms with E-state index >= 15 is 0 Å². The Kier molecular flexibility index (Phi) is 4.57. The van der Waals surface area contributed by atoms with Crippen LogP contribution in [0.1, 0.15) is 38.3 Å². The first-order valence-corrected chi connectivity index (χ1v) is 8.62. The molecule has 1 aliphatic heterocycles. The summed E-state index contributed by atoms with van der Waals surface area (Å²) in [6.45, 7) is 4.84. The summed E-state index contributed by atoms with van der Waals surface area (Å²) >= 11 is 1.58. The minimum Gasteiger partial charge on any atom is -0.396 e. The van der Waals surface area contributed by atoms with Crippen molar-refractivity contribution in [1.82, 2.24) is 9.88 Å². The SMILES string of the molecule is CC(=O)N(c1nc(CN2CCC(CO)CC2)cs1)C1CC1. The monoisotopic (exact) mass is 309 g/mol. The van der Waals surface area contributed by atoms with E-state index in [1.54, 1.807) is 18.3 Å². The molecule has 5 nitrogen and oxygen atoms in total. The van der Waals surface area contributed by atoms with Gasteiger partial charge < -0.3 is 5.11 Å². The Morgan fingerprint density at radius 3 is 2.71 bits per heavy atom. The van der Waals surface area contributed by atoms with Gasteiger partial charge in [0.1, 0.15) is 0 Å². The number of carbonyl (C=O) groups is 1. The Hall–Kier alpha value is -0.980. The Morgan fingerprint density at radius 1 is 1.43 bits per heavy atom. The number of thiazole rings is 1. The Balaban J connectivity index is 1.59. The maximum absolute atomic E-state index is 11.8. The molecule has 0 radical (unpaired) electrons. The van der Waals surface area contributed by atoms with E-state index in [0.717, 1.165) is 56.1 Å². The predicted octanol–water partition coefficient (Wildman–Crippen LogP) is 1.86. The fourth-order valence-electron chi connectivity index (χ4n) is 2.92. The average Bonchev–Trinajstić information content (AvgIpc) is 3.20. The van der Waals surface area contributed by atoms with Gasteiger partial charge in [0.15, 0.2) is 5.13 Å². The van der Waals surface area contributed by atoms with Crippen LogP contribution in [-0.4, -0.2) is 46.6 Å². The molecule has 1 saturated carbocycles. The molecular formula is C15H23N3O2S. The molecule has 21 heavy (non-hydrogen) atoms. The zero-order valence-electron chi connectivity index (χ0n) is 12.5. The lowest BCUT2D eigenvalue weighted by molar-refractivity contribution is -0.116. The lowest BCUT2D eigenvalue weighted by Crippen LogP contribution is -2.34. The van der Waals surface area contributed by atoms with Gasteiger partial charge in [0.25, 0.3) is 0 Å². The molecule has 2 fully saturated rings. The van der Waals surface area contributed by atoms with Crippen molar-refractivity contribution in [2.45, 2.75) is 45.2 Å². The van der Waals surface area contributed by atoms with Gasteiger partial charge in [0.2, 0.25) is 5.91 Å².